The normalized spacial score (nSPS) is 11.4. The summed E-state index contributed by atoms with van der Waals surface area (Å²) >= 11 is 0. The summed E-state index contributed by atoms with van der Waals surface area (Å²) < 4.78 is 23.0. The Balaban J connectivity index is 2.63. The molecule has 2 aromatic rings. The van der Waals surface area contributed by atoms with E-state index in [1.807, 2.05) is 31.2 Å². The fourth-order valence-electron chi connectivity index (χ4n) is 1.79. The molecule has 0 aliphatic rings. The average molecular weight is 262 g/mol. The van der Waals surface area contributed by atoms with Crippen molar-refractivity contribution in [3.8, 4) is 16.9 Å². The van der Waals surface area contributed by atoms with E-state index in [0.29, 0.717) is 5.56 Å². The molecule has 0 heterocycles. The Kier molecular flexibility index (Phi) is 3.13. The summed E-state index contributed by atoms with van der Waals surface area (Å²) in [5.74, 6) is -0.0468. The fraction of sp³-hybridized carbons (Fsp3) is 0.143. The molecule has 0 saturated heterocycles. The zero-order valence-corrected chi connectivity index (χ0v) is 11.0. The number of phenols is 1. The van der Waals surface area contributed by atoms with Crippen molar-refractivity contribution in [3.05, 3.63) is 48.0 Å². The molecule has 3 nitrogen and oxygen atoms in total. The molecule has 0 aromatic heterocycles. The van der Waals surface area contributed by atoms with Gasteiger partial charge < -0.3 is 5.11 Å². The van der Waals surface area contributed by atoms with Crippen molar-refractivity contribution in [2.75, 3.05) is 6.26 Å². The van der Waals surface area contributed by atoms with E-state index in [2.05, 4.69) is 0 Å². The SMILES string of the molecule is Cc1cccc(-c2cc(O)cc(S(C)(=O)=O)c2)c1. The van der Waals surface area contributed by atoms with E-state index in [1.165, 1.54) is 6.07 Å². The van der Waals surface area contributed by atoms with Gasteiger partial charge in [0.25, 0.3) is 0 Å². The average Bonchev–Trinajstić information content (AvgIpc) is 2.27. The minimum Gasteiger partial charge on any atom is -0.508 e. The largest absolute Gasteiger partial charge is 0.508 e. The molecule has 18 heavy (non-hydrogen) atoms. The predicted octanol–water partition coefficient (Wildman–Crippen LogP) is 2.77. The molecule has 0 saturated carbocycles. The zero-order chi connectivity index (χ0) is 13.3. The molecule has 2 rings (SSSR count). The van der Waals surface area contributed by atoms with Gasteiger partial charge in [0, 0.05) is 6.26 Å². The molecule has 2 aromatic carbocycles. The number of benzene rings is 2. The molecule has 0 bridgehead atoms. The lowest BCUT2D eigenvalue weighted by molar-refractivity contribution is 0.473. The highest BCUT2D eigenvalue weighted by molar-refractivity contribution is 7.90. The first-order valence-electron chi connectivity index (χ1n) is 5.47. The maximum absolute atomic E-state index is 11.5. The van der Waals surface area contributed by atoms with Crippen LogP contribution in [0.15, 0.2) is 47.4 Å². The molecule has 0 aliphatic carbocycles. The first-order chi connectivity index (χ1) is 8.36. The van der Waals surface area contributed by atoms with Crippen molar-refractivity contribution in [3.63, 3.8) is 0 Å². The molecule has 1 N–H and O–H groups in total. The highest BCUT2D eigenvalue weighted by atomic mass is 32.2. The Labute approximate surface area is 107 Å². The van der Waals surface area contributed by atoms with Crippen molar-refractivity contribution >= 4 is 9.84 Å². The van der Waals surface area contributed by atoms with E-state index in [-0.39, 0.29) is 10.6 Å². The van der Waals surface area contributed by atoms with Crippen LogP contribution in [-0.4, -0.2) is 19.8 Å². The van der Waals surface area contributed by atoms with Crippen molar-refractivity contribution in [1.29, 1.82) is 0 Å². The molecular weight excluding hydrogens is 248 g/mol. The van der Waals surface area contributed by atoms with Crippen LogP contribution in [-0.2, 0) is 9.84 Å². The lowest BCUT2D eigenvalue weighted by Crippen LogP contribution is -1.97. The van der Waals surface area contributed by atoms with Gasteiger partial charge in [-0.05, 0) is 36.2 Å². The molecule has 0 unspecified atom stereocenters. The van der Waals surface area contributed by atoms with E-state index < -0.39 is 9.84 Å². The van der Waals surface area contributed by atoms with Crippen molar-refractivity contribution in [2.24, 2.45) is 0 Å². The second-order valence-electron chi connectivity index (χ2n) is 4.36. The number of aromatic hydroxyl groups is 1. The van der Waals surface area contributed by atoms with E-state index in [4.69, 9.17) is 0 Å². The monoisotopic (exact) mass is 262 g/mol. The summed E-state index contributed by atoms with van der Waals surface area (Å²) in [6.07, 6.45) is 1.13. The zero-order valence-electron chi connectivity index (χ0n) is 10.2. The molecule has 0 fully saturated rings. The number of sulfone groups is 1. The molecule has 94 valence electrons. The molecule has 0 atom stereocenters. The van der Waals surface area contributed by atoms with Crippen LogP contribution in [0.4, 0.5) is 0 Å². The van der Waals surface area contributed by atoms with Gasteiger partial charge in [-0.25, -0.2) is 8.42 Å². The predicted molar refractivity (Wildman–Crippen MR) is 71.4 cm³/mol. The van der Waals surface area contributed by atoms with Crippen molar-refractivity contribution in [1.82, 2.24) is 0 Å². The molecular formula is C14H14O3S. The second kappa shape index (κ2) is 4.46. The number of phenolic OH excluding ortho intramolecular Hbond substituents is 1. The topological polar surface area (TPSA) is 54.4 Å². The van der Waals surface area contributed by atoms with Gasteiger partial charge in [-0.1, -0.05) is 29.8 Å². The van der Waals surface area contributed by atoms with Crippen LogP contribution < -0.4 is 0 Å². The summed E-state index contributed by atoms with van der Waals surface area (Å²) in [5.41, 5.74) is 2.66. The van der Waals surface area contributed by atoms with Gasteiger partial charge >= 0.3 is 0 Å². The first kappa shape index (κ1) is 12.6. The third-order valence-electron chi connectivity index (χ3n) is 2.67. The van der Waals surface area contributed by atoms with Crippen LogP contribution in [0.25, 0.3) is 11.1 Å². The minimum atomic E-state index is -3.33. The Hall–Kier alpha value is -1.81. The molecule has 0 spiro atoms. The quantitative estimate of drug-likeness (QED) is 0.905. The third-order valence-corrected chi connectivity index (χ3v) is 3.76. The summed E-state index contributed by atoms with van der Waals surface area (Å²) in [6, 6.07) is 12.1. The fourth-order valence-corrected chi connectivity index (χ4v) is 2.46. The Bertz CT molecular complexity index is 688. The third kappa shape index (κ3) is 2.71. The summed E-state index contributed by atoms with van der Waals surface area (Å²) in [5, 5.41) is 9.62. The van der Waals surface area contributed by atoms with Gasteiger partial charge in [-0.15, -0.1) is 0 Å². The van der Waals surface area contributed by atoms with Gasteiger partial charge in [0.15, 0.2) is 9.84 Å². The van der Waals surface area contributed by atoms with Crippen LogP contribution in [0.3, 0.4) is 0 Å². The van der Waals surface area contributed by atoms with Crippen LogP contribution in [0.1, 0.15) is 5.56 Å². The van der Waals surface area contributed by atoms with Crippen molar-refractivity contribution < 1.29 is 13.5 Å². The smallest absolute Gasteiger partial charge is 0.175 e. The van der Waals surface area contributed by atoms with Gasteiger partial charge in [0.1, 0.15) is 5.75 Å². The van der Waals surface area contributed by atoms with Gasteiger partial charge in [0.2, 0.25) is 0 Å². The van der Waals surface area contributed by atoms with Crippen LogP contribution in [0.2, 0.25) is 0 Å². The number of hydrogen-bond acceptors (Lipinski definition) is 3. The molecule has 0 amide bonds. The highest BCUT2D eigenvalue weighted by Gasteiger charge is 2.11. The Morgan fingerprint density at radius 1 is 1.00 bits per heavy atom. The van der Waals surface area contributed by atoms with Gasteiger partial charge in [-0.3, -0.25) is 0 Å². The second-order valence-corrected chi connectivity index (χ2v) is 6.37. The first-order valence-corrected chi connectivity index (χ1v) is 7.36. The minimum absolute atomic E-state index is 0.0468. The Morgan fingerprint density at radius 3 is 2.33 bits per heavy atom. The maximum Gasteiger partial charge on any atom is 0.175 e. The van der Waals surface area contributed by atoms with Crippen LogP contribution in [0.5, 0.6) is 5.75 Å². The van der Waals surface area contributed by atoms with E-state index >= 15 is 0 Å². The Morgan fingerprint density at radius 2 is 1.72 bits per heavy atom. The van der Waals surface area contributed by atoms with E-state index in [0.717, 1.165) is 17.4 Å². The lowest BCUT2D eigenvalue weighted by atomic mass is 10.0. The number of hydrogen-bond donors (Lipinski definition) is 1. The number of aryl methyl sites for hydroxylation is 1. The maximum atomic E-state index is 11.5. The molecule has 0 aliphatic heterocycles. The van der Waals surface area contributed by atoms with E-state index in [9.17, 15) is 13.5 Å². The molecule has 4 heteroatoms. The molecule has 0 radical (unpaired) electrons. The van der Waals surface area contributed by atoms with Gasteiger partial charge in [0.05, 0.1) is 4.90 Å². The lowest BCUT2D eigenvalue weighted by Gasteiger charge is -2.06. The number of rotatable bonds is 2. The van der Waals surface area contributed by atoms with Crippen LogP contribution in [0, 0.1) is 6.92 Å². The highest BCUT2D eigenvalue weighted by Crippen LogP contribution is 2.28. The van der Waals surface area contributed by atoms with Crippen LogP contribution >= 0.6 is 0 Å². The summed E-state index contributed by atoms with van der Waals surface area (Å²) in [4.78, 5) is 0.124. The van der Waals surface area contributed by atoms with E-state index in [1.54, 1.807) is 12.1 Å². The summed E-state index contributed by atoms with van der Waals surface area (Å²) in [6.45, 7) is 1.96. The van der Waals surface area contributed by atoms with Gasteiger partial charge in [-0.2, -0.15) is 0 Å². The summed E-state index contributed by atoms with van der Waals surface area (Å²) in [7, 11) is -3.33. The standard InChI is InChI=1S/C14H14O3S/c1-10-4-3-5-11(6-10)12-7-13(15)9-14(8-12)18(2,16)17/h3-9,15H,1-2H3. The van der Waals surface area contributed by atoms with Crippen molar-refractivity contribution in [2.45, 2.75) is 11.8 Å².